The lowest BCUT2D eigenvalue weighted by atomic mass is 10.2. The molecule has 9 nitrogen and oxygen atoms in total. The number of rotatable bonds is 5. The molecule has 2 amide bonds. The molecule has 0 saturated heterocycles. The summed E-state index contributed by atoms with van der Waals surface area (Å²) in [6.45, 7) is 2.93. The lowest BCUT2D eigenvalue weighted by molar-refractivity contribution is -0.136. The number of nitrogens with zero attached hydrogens (tertiary/aromatic N) is 2. The van der Waals surface area contributed by atoms with Gasteiger partial charge in [0.2, 0.25) is 5.71 Å². The molecule has 3 N–H and O–H groups in total. The Balaban J connectivity index is 2.69. The van der Waals surface area contributed by atoms with Crippen molar-refractivity contribution < 1.29 is 24.3 Å². The Bertz CT molecular complexity index is 702. The SMILES string of the molecule is CCOC(=O)C(=NO)C(C)=NNC(=O)C(=O)Nc1cccc(Cl)c1. The van der Waals surface area contributed by atoms with Crippen LogP contribution in [0.5, 0.6) is 0 Å². The first-order valence-electron chi connectivity index (χ1n) is 6.69. The molecule has 0 bridgehead atoms. The van der Waals surface area contributed by atoms with Crippen LogP contribution in [-0.2, 0) is 19.1 Å². The van der Waals surface area contributed by atoms with E-state index in [0.717, 1.165) is 0 Å². The third-order valence-corrected chi connectivity index (χ3v) is 2.76. The standard InChI is InChI=1S/C14H15ClN4O5/c1-3-24-14(22)11(19-23)8(2)17-18-13(21)12(20)16-10-6-4-5-9(15)7-10/h4-7,23H,3H2,1-2H3,(H,16,20)(H,18,21). The molecular weight excluding hydrogens is 340 g/mol. The molecule has 0 aliphatic rings. The van der Waals surface area contributed by atoms with Gasteiger partial charge in [0.15, 0.2) is 0 Å². The molecule has 0 aliphatic carbocycles. The van der Waals surface area contributed by atoms with Crippen LogP contribution in [0.2, 0.25) is 5.02 Å². The summed E-state index contributed by atoms with van der Waals surface area (Å²) in [5, 5.41) is 17.8. The van der Waals surface area contributed by atoms with E-state index in [1.165, 1.54) is 13.0 Å². The number of hydrazone groups is 1. The van der Waals surface area contributed by atoms with E-state index in [-0.39, 0.29) is 12.3 Å². The summed E-state index contributed by atoms with van der Waals surface area (Å²) >= 11 is 5.76. The minimum absolute atomic E-state index is 0.0690. The van der Waals surface area contributed by atoms with Gasteiger partial charge in [0, 0.05) is 10.7 Å². The van der Waals surface area contributed by atoms with E-state index in [1.807, 2.05) is 5.43 Å². The van der Waals surface area contributed by atoms with Crippen molar-refractivity contribution in [3.8, 4) is 0 Å². The van der Waals surface area contributed by atoms with E-state index >= 15 is 0 Å². The van der Waals surface area contributed by atoms with Gasteiger partial charge in [-0.1, -0.05) is 22.8 Å². The van der Waals surface area contributed by atoms with Gasteiger partial charge in [0.25, 0.3) is 0 Å². The van der Waals surface area contributed by atoms with Gasteiger partial charge in [0.1, 0.15) is 0 Å². The van der Waals surface area contributed by atoms with Crippen LogP contribution in [0.1, 0.15) is 13.8 Å². The smallest absolute Gasteiger partial charge is 0.362 e. The lowest BCUT2D eigenvalue weighted by Gasteiger charge is -2.06. The van der Waals surface area contributed by atoms with Gasteiger partial charge < -0.3 is 15.3 Å². The molecule has 1 rings (SSSR count). The summed E-state index contributed by atoms with van der Waals surface area (Å²) in [5.41, 5.74) is 1.63. The zero-order valence-corrected chi connectivity index (χ0v) is 13.6. The Morgan fingerprint density at radius 3 is 2.58 bits per heavy atom. The van der Waals surface area contributed by atoms with Crippen molar-refractivity contribution in [2.24, 2.45) is 10.3 Å². The Labute approximate surface area is 142 Å². The first-order valence-corrected chi connectivity index (χ1v) is 7.07. The maximum Gasteiger partial charge on any atom is 0.362 e. The Morgan fingerprint density at radius 1 is 1.29 bits per heavy atom. The molecule has 1 aromatic carbocycles. The molecule has 0 unspecified atom stereocenters. The Hall–Kier alpha value is -2.94. The molecule has 0 heterocycles. The highest BCUT2D eigenvalue weighted by molar-refractivity contribution is 6.65. The number of esters is 1. The summed E-state index contributed by atoms with van der Waals surface area (Å²) in [4.78, 5) is 34.8. The Morgan fingerprint density at radius 2 is 2.00 bits per heavy atom. The number of hydrogen-bond donors (Lipinski definition) is 3. The van der Waals surface area contributed by atoms with Crippen molar-refractivity contribution in [1.29, 1.82) is 0 Å². The van der Waals surface area contributed by atoms with E-state index in [0.29, 0.717) is 10.7 Å². The molecule has 0 radical (unpaired) electrons. The van der Waals surface area contributed by atoms with Crippen LogP contribution < -0.4 is 10.7 Å². The van der Waals surface area contributed by atoms with Gasteiger partial charge in [-0.2, -0.15) is 5.10 Å². The summed E-state index contributed by atoms with van der Waals surface area (Å²) < 4.78 is 4.65. The van der Waals surface area contributed by atoms with Crippen molar-refractivity contribution in [3.63, 3.8) is 0 Å². The molecule has 1 aromatic rings. The third kappa shape index (κ3) is 5.69. The average Bonchev–Trinajstić information content (AvgIpc) is 2.53. The van der Waals surface area contributed by atoms with E-state index in [9.17, 15) is 14.4 Å². The van der Waals surface area contributed by atoms with Gasteiger partial charge in [-0.15, -0.1) is 0 Å². The maximum atomic E-state index is 11.7. The number of benzene rings is 1. The first kappa shape index (κ1) is 19.1. The van der Waals surface area contributed by atoms with Crippen molar-refractivity contribution in [1.82, 2.24) is 5.43 Å². The predicted octanol–water partition coefficient (Wildman–Crippen LogP) is 1.16. The van der Waals surface area contributed by atoms with Crippen LogP contribution in [-0.4, -0.2) is 41.0 Å². The van der Waals surface area contributed by atoms with Crippen molar-refractivity contribution >= 4 is 46.5 Å². The average molecular weight is 355 g/mol. The van der Waals surface area contributed by atoms with Crippen LogP contribution in [0.4, 0.5) is 5.69 Å². The minimum atomic E-state index is -1.09. The lowest BCUT2D eigenvalue weighted by Crippen LogP contribution is -2.34. The van der Waals surface area contributed by atoms with E-state index in [2.05, 4.69) is 20.3 Å². The van der Waals surface area contributed by atoms with E-state index in [1.54, 1.807) is 25.1 Å². The van der Waals surface area contributed by atoms with Gasteiger partial charge in [-0.3, -0.25) is 9.59 Å². The van der Waals surface area contributed by atoms with Crippen LogP contribution in [0.3, 0.4) is 0 Å². The van der Waals surface area contributed by atoms with Crippen LogP contribution in [0.15, 0.2) is 34.5 Å². The van der Waals surface area contributed by atoms with Crippen LogP contribution in [0.25, 0.3) is 0 Å². The fraction of sp³-hybridized carbons (Fsp3) is 0.214. The number of carbonyl (C=O) groups is 3. The summed E-state index contributed by atoms with van der Waals surface area (Å²) in [6, 6.07) is 6.21. The van der Waals surface area contributed by atoms with E-state index < -0.39 is 23.5 Å². The number of oxime groups is 1. The highest BCUT2D eigenvalue weighted by Gasteiger charge is 2.19. The van der Waals surface area contributed by atoms with Crippen LogP contribution >= 0.6 is 11.6 Å². The number of hydrogen-bond acceptors (Lipinski definition) is 7. The monoisotopic (exact) mass is 354 g/mol. The molecule has 10 heteroatoms. The quantitative estimate of drug-likeness (QED) is 0.240. The largest absolute Gasteiger partial charge is 0.461 e. The normalized spacial score (nSPS) is 11.6. The second-order valence-corrected chi connectivity index (χ2v) is 4.71. The second kappa shape index (κ2) is 9.26. The fourth-order valence-electron chi connectivity index (χ4n) is 1.45. The molecule has 128 valence electrons. The Kier molecular flexibility index (Phi) is 7.37. The number of nitrogens with one attached hydrogen (secondary N) is 2. The molecule has 0 saturated carbocycles. The predicted molar refractivity (Wildman–Crippen MR) is 87.2 cm³/mol. The molecule has 0 spiro atoms. The maximum absolute atomic E-state index is 11.7. The molecular formula is C14H15ClN4O5. The van der Waals surface area contributed by atoms with Gasteiger partial charge in [0.05, 0.1) is 12.3 Å². The number of ether oxygens (including phenoxy) is 1. The summed E-state index contributed by atoms with van der Waals surface area (Å²) in [7, 11) is 0. The first-order chi connectivity index (χ1) is 11.4. The number of amides is 2. The summed E-state index contributed by atoms with van der Waals surface area (Å²) in [5.74, 6) is -3.00. The van der Waals surface area contributed by atoms with Gasteiger partial charge in [-0.25, -0.2) is 10.2 Å². The third-order valence-electron chi connectivity index (χ3n) is 2.53. The molecule has 0 fully saturated rings. The van der Waals surface area contributed by atoms with Crippen molar-refractivity contribution in [2.75, 3.05) is 11.9 Å². The fourth-order valence-corrected chi connectivity index (χ4v) is 1.64. The highest BCUT2D eigenvalue weighted by Crippen LogP contribution is 2.14. The zero-order valence-electron chi connectivity index (χ0n) is 12.9. The van der Waals surface area contributed by atoms with E-state index in [4.69, 9.17) is 16.8 Å². The van der Waals surface area contributed by atoms with Crippen molar-refractivity contribution in [2.45, 2.75) is 13.8 Å². The molecule has 0 aliphatic heterocycles. The van der Waals surface area contributed by atoms with Crippen molar-refractivity contribution in [3.05, 3.63) is 29.3 Å². The number of anilines is 1. The molecule has 24 heavy (non-hydrogen) atoms. The second-order valence-electron chi connectivity index (χ2n) is 4.27. The highest BCUT2D eigenvalue weighted by atomic mass is 35.5. The molecule has 0 aromatic heterocycles. The van der Waals surface area contributed by atoms with Crippen LogP contribution in [0, 0.1) is 0 Å². The molecule has 0 atom stereocenters. The zero-order chi connectivity index (χ0) is 18.1. The topological polar surface area (TPSA) is 129 Å². The van der Waals surface area contributed by atoms with Gasteiger partial charge >= 0.3 is 17.8 Å². The number of halogens is 1. The number of carbonyl (C=O) groups excluding carboxylic acids is 3. The summed E-state index contributed by atoms with van der Waals surface area (Å²) in [6.07, 6.45) is 0. The van der Waals surface area contributed by atoms with Gasteiger partial charge in [-0.05, 0) is 32.0 Å². The minimum Gasteiger partial charge on any atom is -0.461 e.